The second kappa shape index (κ2) is 6.41. The Labute approximate surface area is 124 Å². The first-order valence-corrected chi connectivity index (χ1v) is 6.70. The van der Waals surface area contributed by atoms with Crippen LogP contribution in [0.4, 0.5) is 11.4 Å². The van der Waals surface area contributed by atoms with Gasteiger partial charge in [0.05, 0.1) is 19.3 Å². The lowest BCUT2D eigenvalue weighted by molar-refractivity contribution is 0.0600. The Hall–Kier alpha value is -2.33. The number of ether oxygens (including phenoxy) is 1. The number of anilines is 2. The minimum Gasteiger partial charge on any atom is -0.465 e. The van der Waals surface area contributed by atoms with Gasteiger partial charge in [-0.25, -0.2) is 4.79 Å². The van der Waals surface area contributed by atoms with Crippen molar-refractivity contribution in [1.82, 2.24) is 0 Å². The van der Waals surface area contributed by atoms with E-state index in [0.717, 1.165) is 22.5 Å². The van der Waals surface area contributed by atoms with E-state index in [2.05, 4.69) is 0 Å². The van der Waals surface area contributed by atoms with Crippen LogP contribution < -0.4 is 4.90 Å². The molecule has 0 aliphatic carbocycles. The Morgan fingerprint density at radius 3 is 2.43 bits per heavy atom. The van der Waals surface area contributed by atoms with Crippen molar-refractivity contribution in [1.29, 1.82) is 0 Å². The molecule has 2 aromatic rings. The standard InChI is InChI=1S/C17H19NO3/c1-12-15(17(20)21-3)5-4-6-16(12)18(2)14-9-7-13(11-19)8-10-14/h4-10,19H,11H2,1-3H3. The van der Waals surface area contributed by atoms with Crippen molar-refractivity contribution in [2.24, 2.45) is 0 Å². The molecule has 0 aliphatic rings. The number of carbonyl (C=O) groups excluding carboxylic acids is 1. The van der Waals surface area contributed by atoms with Gasteiger partial charge in [-0.3, -0.25) is 0 Å². The van der Waals surface area contributed by atoms with E-state index >= 15 is 0 Å². The van der Waals surface area contributed by atoms with Crippen LogP contribution in [0.2, 0.25) is 0 Å². The number of esters is 1. The summed E-state index contributed by atoms with van der Waals surface area (Å²) in [5, 5.41) is 9.09. The number of aliphatic hydroxyl groups is 1. The highest BCUT2D eigenvalue weighted by atomic mass is 16.5. The molecule has 0 saturated carbocycles. The van der Waals surface area contributed by atoms with Gasteiger partial charge in [0.15, 0.2) is 0 Å². The molecule has 0 bridgehead atoms. The highest BCUT2D eigenvalue weighted by molar-refractivity contribution is 5.93. The molecule has 0 heterocycles. The summed E-state index contributed by atoms with van der Waals surface area (Å²) in [6.07, 6.45) is 0. The zero-order valence-corrected chi connectivity index (χ0v) is 12.5. The minimum absolute atomic E-state index is 0.0286. The third-order valence-corrected chi connectivity index (χ3v) is 3.58. The van der Waals surface area contributed by atoms with E-state index in [1.807, 2.05) is 55.3 Å². The van der Waals surface area contributed by atoms with E-state index in [0.29, 0.717) is 5.56 Å². The first-order chi connectivity index (χ1) is 10.1. The number of benzene rings is 2. The fourth-order valence-electron chi connectivity index (χ4n) is 2.28. The van der Waals surface area contributed by atoms with E-state index in [9.17, 15) is 4.79 Å². The van der Waals surface area contributed by atoms with E-state index < -0.39 is 0 Å². The molecule has 0 radical (unpaired) electrons. The summed E-state index contributed by atoms with van der Waals surface area (Å²) in [5.74, 6) is -0.335. The second-order valence-corrected chi connectivity index (χ2v) is 4.82. The van der Waals surface area contributed by atoms with Crippen LogP contribution in [0.25, 0.3) is 0 Å². The third-order valence-electron chi connectivity index (χ3n) is 3.58. The van der Waals surface area contributed by atoms with Crippen molar-refractivity contribution in [3.05, 3.63) is 59.2 Å². The summed E-state index contributed by atoms with van der Waals surface area (Å²) in [6, 6.07) is 13.2. The minimum atomic E-state index is -0.335. The van der Waals surface area contributed by atoms with Crippen molar-refractivity contribution < 1.29 is 14.6 Å². The van der Waals surface area contributed by atoms with Crippen molar-refractivity contribution in [2.75, 3.05) is 19.1 Å². The Kier molecular flexibility index (Phi) is 4.60. The highest BCUT2D eigenvalue weighted by Gasteiger charge is 2.14. The number of hydrogen-bond donors (Lipinski definition) is 1. The molecule has 0 unspecified atom stereocenters. The summed E-state index contributed by atoms with van der Waals surface area (Å²) >= 11 is 0. The maximum atomic E-state index is 11.8. The van der Waals surface area contributed by atoms with Gasteiger partial charge in [-0.1, -0.05) is 18.2 Å². The van der Waals surface area contributed by atoms with Crippen LogP contribution in [0.15, 0.2) is 42.5 Å². The molecule has 0 atom stereocenters. The van der Waals surface area contributed by atoms with Gasteiger partial charge in [0.25, 0.3) is 0 Å². The zero-order chi connectivity index (χ0) is 15.4. The number of carbonyl (C=O) groups is 1. The molecule has 0 aromatic heterocycles. The lowest BCUT2D eigenvalue weighted by Gasteiger charge is -2.23. The van der Waals surface area contributed by atoms with E-state index in [1.54, 1.807) is 6.07 Å². The van der Waals surface area contributed by atoms with Crippen LogP contribution in [0, 0.1) is 6.92 Å². The van der Waals surface area contributed by atoms with Crippen LogP contribution in [0.5, 0.6) is 0 Å². The lowest BCUT2D eigenvalue weighted by atomic mass is 10.1. The Bertz CT molecular complexity index is 635. The SMILES string of the molecule is COC(=O)c1cccc(N(C)c2ccc(CO)cc2)c1C. The topological polar surface area (TPSA) is 49.8 Å². The maximum absolute atomic E-state index is 11.8. The largest absolute Gasteiger partial charge is 0.465 e. The quantitative estimate of drug-likeness (QED) is 0.877. The Morgan fingerprint density at radius 1 is 1.19 bits per heavy atom. The fraction of sp³-hybridized carbons (Fsp3) is 0.235. The number of rotatable bonds is 4. The average molecular weight is 285 g/mol. The van der Waals surface area contributed by atoms with Gasteiger partial charge < -0.3 is 14.7 Å². The molecular formula is C17H19NO3. The van der Waals surface area contributed by atoms with Crippen molar-refractivity contribution in [3.63, 3.8) is 0 Å². The maximum Gasteiger partial charge on any atom is 0.338 e. The van der Waals surface area contributed by atoms with Gasteiger partial charge in [-0.2, -0.15) is 0 Å². The van der Waals surface area contributed by atoms with E-state index in [-0.39, 0.29) is 12.6 Å². The van der Waals surface area contributed by atoms with Crippen LogP contribution in [-0.2, 0) is 11.3 Å². The van der Waals surface area contributed by atoms with Crippen LogP contribution >= 0.6 is 0 Å². The molecule has 0 fully saturated rings. The smallest absolute Gasteiger partial charge is 0.338 e. The third kappa shape index (κ3) is 3.06. The van der Waals surface area contributed by atoms with Gasteiger partial charge in [0, 0.05) is 18.4 Å². The number of hydrogen-bond acceptors (Lipinski definition) is 4. The van der Waals surface area contributed by atoms with Crippen molar-refractivity contribution in [3.8, 4) is 0 Å². The monoisotopic (exact) mass is 285 g/mol. The van der Waals surface area contributed by atoms with Gasteiger partial charge in [0.2, 0.25) is 0 Å². The summed E-state index contributed by atoms with van der Waals surface area (Å²) < 4.78 is 4.80. The molecule has 1 N–H and O–H groups in total. The second-order valence-electron chi connectivity index (χ2n) is 4.82. The van der Waals surface area contributed by atoms with Crippen LogP contribution in [0.3, 0.4) is 0 Å². The molecule has 2 aromatic carbocycles. The van der Waals surface area contributed by atoms with Gasteiger partial charge in [-0.15, -0.1) is 0 Å². The van der Waals surface area contributed by atoms with Crippen molar-refractivity contribution in [2.45, 2.75) is 13.5 Å². The normalized spacial score (nSPS) is 10.3. The summed E-state index contributed by atoms with van der Waals surface area (Å²) in [6.45, 7) is 1.93. The van der Waals surface area contributed by atoms with Crippen LogP contribution in [-0.4, -0.2) is 25.2 Å². The number of nitrogens with zero attached hydrogens (tertiary/aromatic N) is 1. The first kappa shape index (κ1) is 15.1. The van der Waals surface area contributed by atoms with E-state index in [1.165, 1.54) is 7.11 Å². The highest BCUT2D eigenvalue weighted by Crippen LogP contribution is 2.29. The zero-order valence-electron chi connectivity index (χ0n) is 12.5. The summed E-state index contributed by atoms with van der Waals surface area (Å²) in [7, 11) is 3.32. The van der Waals surface area contributed by atoms with Gasteiger partial charge >= 0.3 is 5.97 Å². The molecular weight excluding hydrogens is 266 g/mol. The molecule has 21 heavy (non-hydrogen) atoms. The van der Waals surface area contributed by atoms with Gasteiger partial charge in [-0.05, 0) is 42.3 Å². The molecule has 0 spiro atoms. The average Bonchev–Trinajstić information content (AvgIpc) is 2.54. The molecule has 2 rings (SSSR count). The first-order valence-electron chi connectivity index (χ1n) is 6.70. The summed E-state index contributed by atoms with van der Waals surface area (Å²) in [5.41, 5.74) is 4.23. The molecule has 0 aliphatic heterocycles. The van der Waals surface area contributed by atoms with Gasteiger partial charge in [0.1, 0.15) is 0 Å². The fourth-order valence-corrected chi connectivity index (χ4v) is 2.28. The molecule has 4 heteroatoms. The van der Waals surface area contributed by atoms with Crippen LogP contribution in [0.1, 0.15) is 21.5 Å². The molecule has 110 valence electrons. The number of aliphatic hydroxyl groups excluding tert-OH is 1. The lowest BCUT2D eigenvalue weighted by Crippen LogP contribution is -2.13. The predicted molar refractivity (Wildman–Crippen MR) is 82.9 cm³/mol. The van der Waals surface area contributed by atoms with E-state index in [4.69, 9.17) is 9.84 Å². The Balaban J connectivity index is 2.38. The number of methoxy groups -OCH3 is 1. The Morgan fingerprint density at radius 2 is 1.86 bits per heavy atom. The summed E-state index contributed by atoms with van der Waals surface area (Å²) in [4.78, 5) is 13.8. The van der Waals surface area contributed by atoms with Crippen molar-refractivity contribution >= 4 is 17.3 Å². The molecule has 0 saturated heterocycles. The predicted octanol–water partition coefficient (Wildman–Crippen LogP) is 3.04. The molecule has 0 amide bonds. The molecule has 4 nitrogen and oxygen atoms in total.